The summed E-state index contributed by atoms with van der Waals surface area (Å²) in [4.78, 5) is 5.11. The Morgan fingerprint density at radius 2 is 1.74 bits per heavy atom. The first-order chi connectivity index (χ1) is 11.1. The molecule has 2 aromatic carbocycles. The van der Waals surface area contributed by atoms with Crippen molar-refractivity contribution >= 4 is 10.8 Å². The summed E-state index contributed by atoms with van der Waals surface area (Å²) in [6.45, 7) is 4.31. The predicted molar refractivity (Wildman–Crippen MR) is 90.4 cm³/mol. The average molecular weight is 326 g/mol. The van der Waals surface area contributed by atoms with Crippen LogP contribution in [0.4, 0.5) is 0 Å². The first-order valence-corrected chi connectivity index (χ1v) is 8.81. The first-order valence-electron chi connectivity index (χ1n) is 7.50. The maximum absolute atomic E-state index is 12.3. The second-order valence-corrected chi connectivity index (χ2v) is 7.04. The number of rotatable bonds is 5. The third-order valence-electron chi connectivity index (χ3n) is 3.56. The number of nitrogens with zero attached hydrogens (tertiary/aromatic N) is 2. The van der Waals surface area contributed by atoms with E-state index >= 15 is 0 Å². The van der Waals surface area contributed by atoms with E-state index in [-0.39, 0.29) is 5.75 Å². The molecule has 1 atom stereocenters. The van der Waals surface area contributed by atoms with Gasteiger partial charge in [0.2, 0.25) is 11.7 Å². The Hall–Kier alpha value is -2.27. The fraction of sp³-hybridized carbons (Fsp3) is 0.222. The highest BCUT2D eigenvalue weighted by Gasteiger charge is 2.13. The largest absolute Gasteiger partial charge is 0.338 e. The predicted octanol–water partition coefficient (Wildman–Crippen LogP) is 4.17. The highest BCUT2D eigenvalue weighted by atomic mass is 32.2. The van der Waals surface area contributed by atoms with Gasteiger partial charge in [0.05, 0.1) is 10.8 Å². The van der Waals surface area contributed by atoms with Gasteiger partial charge in [-0.25, -0.2) is 0 Å². The van der Waals surface area contributed by atoms with Gasteiger partial charge in [-0.1, -0.05) is 61.5 Å². The quantitative estimate of drug-likeness (QED) is 0.706. The lowest BCUT2D eigenvalue weighted by Crippen LogP contribution is -1.96. The molecule has 1 heterocycles. The minimum Gasteiger partial charge on any atom is -0.338 e. The highest BCUT2D eigenvalue weighted by molar-refractivity contribution is 7.84. The van der Waals surface area contributed by atoms with Crippen molar-refractivity contribution in [1.82, 2.24) is 10.1 Å². The molecule has 0 aliphatic carbocycles. The topological polar surface area (TPSA) is 56.0 Å². The fourth-order valence-corrected chi connectivity index (χ4v) is 3.18. The SMILES string of the molecule is CC(C)c1ccc(-c2noc(CS(=O)c3ccccc3)n2)cc1. The van der Waals surface area contributed by atoms with Crippen LogP contribution >= 0.6 is 0 Å². The molecule has 4 nitrogen and oxygen atoms in total. The smallest absolute Gasteiger partial charge is 0.239 e. The van der Waals surface area contributed by atoms with Crippen molar-refractivity contribution in [2.75, 3.05) is 0 Å². The van der Waals surface area contributed by atoms with Gasteiger partial charge < -0.3 is 4.52 Å². The van der Waals surface area contributed by atoms with Crippen LogP contribution in [0.2, 0.25) is 0 Å². The van der Waals surface area contributed by atoms with Gasteiger partial charge >= 0.3 is 0 Å². The van der Waals surface area contributed by atoms with Crippen molar-refractivity contribution in [3.63, 3.8) is 0 Å². The Balaban J connectivity index is 1.74. The normalized spacial score (nSPS) is 12.5. The third-order valence-corrected chi connectivity index (χ3v) is 4.87. The van der Waals surface area contributed by atoms with Crippen LogP contribution in [0.1, 0.15) is 31.2 Å². The molecule has 0 saturated carbocycles. The van der Waals surface area contributed by atoms with Crippen molar-refractivity contribution in [2.24, 2.45) is 0 Å². The van der Waals surface area contributed by atoms with Gasteiger partial charge in [-0.2, -0.15) is 4.98 Å². The lowest BCUT2D eigenvalue weighted by atomic mass is 10.0. The minimum absolute atomic E-state index is 0.223. The average Bonchev–Trinajstić information content (AvgIpc) is 3.04. The summed E-state index contributed by atoms with van der Waals surface area (Å²) in [7, 11) is -1.18. The molecule has 0 N–H and O–H groups in total. The standard InChI is InChI=1S/C18H18N2O2S/c1-13(2)14-8-10-15(11-9-14)18-19-17(22-20-18)12-23(21)16-6-4-3-5-7-16/h3-11,13H,12H2,1-2H3. The zero-order chi connectivity index (χ0) is 16.2. The summed E-state index contributed by atoms with van der Waals surface area (Å²) in [6, 6.07) is 17.4. The maximum atomic E-state index is 12.3. The molecular weight excluding hydrogens is 308 g/mol. The number of hydrogen-bond donors (Lipinski definition) is 0. The fourth-order valence-electron chi connectivity index (χ4n) is 2.22. The molecule has 0 bridgehead atoms. The molecule has 0 spiro atoms. The summed E-state index contributed by atoms with van der Waals surface area (Å²) in [5.41, 5.74) is 2.16. The van der Waals surface area contributed by atoms with Gasteiger partial charge in [0.25, 0.3) is 0 Å². The van der Waals surface area contributed by atoms with Crippen LogP contribution in [0.3, 0.4) is 0 Å². The van der Waals surface area contributed by atoms with Crippen molar-refractivity contribution in [3.05, 3.63) is 66.1 Å². The van der Waals surface area contributed by atoms with Crippen LogP contribution in [0.5, 0.6) is 0 Å². The van der Waals surface area contributed by atoms with E-state index in [0.29, 0.717) is 17.6 Å². The lowest BCUT2D eigenvalue weighted by Gasteiger charge is -2.04. The van der Waals surface area contributed by atoms with E-state index in [9.17, 15) is 4.21 Å². The van der Waals surface area contributed by atoms with Crippen molar-refractivity contribution in [1.29, 1.82) is 0 Å². The second kappa shape index (κ2) is 6.87. The maximum Gasteiger partial charge on any atom is 0.239 e. The molecule has 0 amide bonds. The molecule has 0 saturated heterocycles. The van der Waals surface area contributed by atoms with Gasteiger partial charge in [0, 0.05) is 10.5 Å². The highest BCUT2D eigenvalue weighted by Crippen LogP contribution is 2.21. The van der Waals surface area contributed by atoms with Crippen LogP contribution in [0.25, 0.3) is 11.4 Å². The summed E-state index contributed by atoms with van der Waals surface area (Å²) in [5, 5.41) is 3.99. The van der Waals surface area contributed by atoms with E-state index in [1.54, 1.807) is 0 Å². The van der Waals surface area contributed by atoms with E-state index < -0.39 is 10.8 Å². The van der Waals surface area contributed by atoms with E-state index in [0.717, 1.165) is 10.5 Å². The van der Waals surface area contributed by atoms with Crippen LogP contribution in [0.15, 0.2) is 64.0 Å². The van der Waals surface area contributed by atoms with Crippen molar-refractivity contribution in [2.45, 2.75) is 30.4 Å². The Labute approximate surface area is 138 Å². The van der Waals surface area contributed by atoms with E-state index in [2.05, 4.69) is 36.1 Å². The second-order valence-electron chi connectivity index (χ2n) is 5.59. The number of aromatic nitrogens is 2. The first kappa shape index (κ1) is 15.6. The summed E-state index contributed by atoms with van der Waals surface area (Å²) in [5.74, 6) is 1.62. The number of benzene rings is 2. The third kappa shape index (κ3) is 3.74. The molecule has 0 aliphatic heterocycles. The van der Waals surface area contributed by atoms with E-state index in [1.165, 1.54) is 5.56 Å². The summed E-state index contributed by atoms with van der Waals surface area (Å²) in [6.07, 6.45) is 0. The number of hydrogen-bond acceptors (Lipinski definition) is 4. The monoisotopic (exact) mass is 326 g/mol. The van der Waals surface area contributed by atoms with Crippen LogP contribution in [0, 0.1) is 0 Å². The van der Waals surface area contributed by atoms with Crippen LogP contribution in [-0.2, 0) is 16.6 Å². The molecular formula is C18H18N2O2S. The Kier molecular flexibility index (Phi) is 4.67. The van der Waals surface area contributed by atoms with E-state index in [1.807, 2.05) is 42.5 Å². The van der Waals surface area contributed by atoms with Crippen LogP contribution < -0.4 is 0 Å². The Morgan fingerprint density at radius 1 is 1.04 bits per heavy atom. The lowest BCUT2D eigenvalue weighted by molar-refractivity contribution is 0.390. The molecule has 5 heteroatoms. The zero-order valence-corrected chi connectivity index (χ0v) is 13.9. The molecule has 3 rings (SSSR count). The molecule has 118 valence electrons. The van der Waals surface area contributed by atoms with Crippen molar-refractivity contribution in [3.8, 4) is 11.4 Å². The van der Waals surface area contributed by atoms with Gasteiger partial charge in [-0.3, -0.25) is 4.21 Å². The van der Waals surface area contributed by atoms with Crippen molar-refractivity contribution < 1.29 is 8.73 Å². The summed E-state index contributed by atoms with van der Waals surface area (Å²) < 4.78 is 17.5. The molecule has 0 fully saturated rings. The Morgan fingerprint density at radius 3 is 2.39 bits per heavy atom. The molecule has 1 aromatic heterocycles. The van der Waals surface area contributed by atoms with Gasteiger partial charge in [-0.05, 0) is 23.6 Å². The molecule has 0 aliphatic rings. The van der Waals surface area contributed by atoms with Gasteiger partial charge in [-0.15, -0.1) is 0 Å². The van der Waals surface area contributed by atoms with Gasteiger partial charge in [0.1, 0.15) is 5.75 Å². The minimum atomic E-state index is -1.18. The van der Waals surface area contributed by atoms with Gasteiger partial charge in [0.15, 0.2) is 0 Å². The molecule has 1 unspecified atom stereocenters. The van der Waals surface area contributed by atoms with E-state index in [4.69, 9.17) is 4.52 Å². The molecule has 23 heavy (non-hydrogen) atoms. The summed E-state index contributed by atoms with van der Waals surface area (Å²) >= 11 is 0. The Bertz CT molecular complexity index is 795. The van der Waals surface area contributed by atoms with Crippen LogP contribution in [-0.4, -0.2) is 14.3 Å². The molecule has 0 radical (unpaired) electrons. The molecule has 3 aromatic rings. The zero-order valence-electron chi connectivity index (χ0n) is 13.1.